The molecule has 0 bridgehead atoms. The van der Waals surface area contributed by atoms with Crippen LogP contribution in [0.5, 0.6) is 0 Å². The minimum absolute atomic E-state index is 0.146. The number of piperazine rings is 1. The van der Waals surface area contributed by atoms with E-state index < -0.39 is 5.54 Å². The van der Waals surface area contributed by atoms with E-state index in [1.54, 1.807) is 30.2 Å². The lowest BCUT2D eigenvalue weighted by molar-refractivity contribution is -0.133. The lowest BCUT2D eigenvalue weighted by atomic mass is 9.98. The van der Waals surface area contributed by atoms with Crippen LogP contribution in [0.1, 0.15) is 29.1 Å². The van der Waals surface area contributed by atoms with Gasteiger partial charge in [0.2, 0.25) is 5.91 Å². The first-order chi connectivity index (χ1) is 9.46. The van der Waals surface area contributed by atoms with Gasteiger partial charge in [-0.1, -0.05) is 11.8 Å². The molecule has 0 spiro atoms. The van der Waals surface area contributed by atoms with E-state index in [1.807, 2.05) is 0 Å². The summed E-state index contributed by atoms with van der Waals surface area (Å²) >= 11 is 1.35. The predicted octanol–water partition coefficient (Wildman–Crippen LogP) is 0.443. The van der Waals surface area contributed by atoms with Gasteiger partial charge >= 0.3 is 0 Å². The fourth-order valence-electron chi connectivity index (χ4n) is 2.05. The molecule has 0 saturated carbocycles. The molecule has 2 heterocycles. The Bertz CT molecular complexity index is 595. The first kappa shape index (κ1) is 14.6. The average molecular weight is 292 g/mol. The fraction of sp³-hybridized carbons (Fsp3) is 0.429. The summed E-state index contributed by atoms with van der Waals surface area (Å²) in [6, 6.07) is 1.69. The molecule has 0 radical (unpaired) electrons. The Labute approximate surface area is 121 Å². The highest BCUT2D eigenvalue weighted by atomic mass is 32.1. The molecule has 1 saturated heterocycles. The second-order valence-corrected chi connectivity index (χ2v) is 5.84. The highest BCUT2D eigenvalue weighted by Gasteiger charge is 2.40. The molecule has 2 rings (SSSR count). The number of amides is 2. The van der Waals surface area contributed by atoms with Crippen molar-refractivity contribution in [1.82, 2.24) is 10.2 Å². The third-order valence-corrected chi connectivity index (χ3v) is 4.08. The van der Waals surface area contributed by atoms with E-state index in [9.17, 15) is 9.59 Å². The van der Waals surface area contributed by atoms with Crippen molar-refractivity contribution in [1.29, 1.82) is 0 Å². The van der Waals surface area contributed by atoms with Gasteiger partial charge < -0.3 is 15.3 Å². The van der Waals surface area contributed by atoms with Gasteiger partial charge in [-0.05, 0) is 19.9 Å². The normalized spacial score (nSPS) is 17.1. The molecule has 1 aliphatic rings. The summed E-state index contributed by atoms with van der Waals surface area (Å²) < 4.78 is 0. The van der Waals surface area contributed by atoms with Gasteiger partial charge in [0.05, 0.1) is 10.4 Å². The molecule has 106 valence electrons. The van der Waals surface area contributed by atoms with Crippen LogP contribution in [-0.4, -0.2) is 47.1 Å². The van der Waals surface area contributed by atoms with E-state index in [4.69, 9.17) is 5.11 Å². The second kappa shape index (κ2) is 5.65. The van der Waals surface area contributed by atoms with Gasteiger partial charge in [0.1, 0.15) is 12.1 Å². The Balaban J connectivity index is 2.22. The first-order valence-electron chi connectivity index (χ1n) is 6.25. The minimum atomic E-state index is -0.853. The second-order valence-electron chi connectivity index (χ2n) is 4.93. The van der Waals surface area contributed by atoms with Crippen LogP contribution in [-0.2, 0) is 4.79 Å². The van der Waals surface area contributed by atoms with Crippen LogP contribution in [0.3, 0.4) is 0 Å². The third-order valence-electron chi connectivity index (χ3n) is 3.23. The number of aliphatic hydroxyl groups excluding tert-OH is 1. The molecule has 1 fully saturated rings. The smallest absolute Gasteiger partial charge is 0.255 e. The highest BCUT2D eigenvalue weighted by Crippen LogP contribution is 2.23. The Morgan fingerprint density at radius 2 is 2.35 bits per heavy atom. The van der Waals surface area contributed by atoms with Gasteiger partial charge in [-0.2, -0.15) is 0 Å². The fourth-order valence-corrected chi connectivity index (χ4v) is 2.80. The molecule has 1 aromatic rings. The molecule has 6 heteroatoms. The van der Waals surface area contributed by atoms with Gasteiger partial charge in [0, 0.05) is 18.5 Å². The van der Waals surface area contributed by atoms with E-state index in [0.29, 0.717) is 18.7 Å². The van der Waals surface area contributed by atoms with Crippen molar-refractivity contribution in [3.05, 3.63) is 21.9 Å². The van der Waals surface area contributed by atoms with Crippen LogP contribution in [0, 0.1) is 11.8 Å². The quantitative estimate of drug-likeness (QED) is 0.738. The monoisotopic (exact) mass is 292 g/mol. The number of hydrogen-bond donors (Lipinski definition) is 2. The van der Waals surface area contributed by atoms with E-state index in [0.717, 1.165) is 4.88 Å². The topological polar surface area (TPSA) is 69.6 Å². The summed E-state index contributed by atoms with van der Waals surface area (Å²) in [5.41, 5.74) is -0.325. The van der Waals surface area contributed by atoms with Gasteiger partial charge in [0.25, 0.3) is 5.91 Å². The molecule has 1 aromatic heterocycles. The Morgan fingerprint density at radius 1 is 1.60 bits per heavy atom. The third kappa shape index (κ3) is 2.69. The number of nitrogens with zero attached hydrogens (tertiary/aromatic N) is 1. The average Bonchev–Trinajstić information content (AvgIpc) is 2.87. The zero-order chi connectivity index (χ0) is 14.8. The zero-order valence-electron chi connectivity index (χ0n) is 11.4. The van der Waals surface area contributed by atoms with Crippen LogP contribution in [0.2, 0.25) is 0 Å². The summed E-state index contributed by atoms with van der Waals surface area (Å²) in [5.74, 6) is 5.00. The summed E-state index contributed by atoms with van der Waals surface area (Å²) in [7, 11) is 0. The molecule has 20 heavy (non-hydrogen) atoms. The van der Waals surface area contributed by atoms with Gasteiger partial charge in [-0.3, -0.25) is 9.59 Å². The van der Waals surface area contributed by atoms with Gasteiger partial charge in [-0.25, -0.2) is 0 Å². The zero-order valence-corrected chi connectivity index (χ0v) is 12.2. The van der Waals surface area contributed by atoms with Crippen molar-refractivity contribution in [3.63, 3.8) is 0 Å². The Kier molecular flexibility index (Phi) is 4.12. The van der Waals surface area contributed by atoms with Crippen molar-refractivity contribution in [2.24, 2.45) is 0 Å². The highest BCUT2D eigenvalue weighted by molar-refractivity contribution is 7.10. The summed E-state index contributed by atoms with van der Waals surface area (Å²) in [4.78, 5) is 26.7. The molecule has 2 N–H and O–H groups in total. The predicted molar refractivity (Wildman–Crippen MR) is 76.4 cm³/mol. The summed E-state index contributed by atoms with van der Waals surface area (Å²) in [5, 5.41) is 13.1. The molecule has 0 atom stereocenters. The van der Waals surface area contributed by atoms with Crippen LogP contribution in [0.15, 0.2) is 11.4 Å². The van der Waals surface area contributed by atoms with Crippen LogP contribution < -0.4 is 5.32 Å². The maximum absolute atomic E-state index is 12.5. The van der Waals surface area contributed by atoms with Crippen molar-refractivity contribution in [3.8, 4) is 11.8 Å². The molecule has 1 aliphatic heterocycles. The van der Waals surface area contributed by atoms with Crippen LogP contribution in [0.4, 0.5) is 0 Å². The number of rotatable bonds is 1. The molecule has 0 aliphatic carbocycles. The van der Waals surface area contributed by atoms with E-state index >= 15 is 0 Å². The molecule has 5 nitrogen and oxygen atoms in total. The van der Waals surface area contributed by atoms with Gasteiger partial charge in [-0.15, -0.1) is 11.3 Å². The largest absolute Gasteiger partial charge is 0.384 e. The van der Waals surface area contributed by atoms with E-state index in [-0.39, 0.29) is 18.4 Å². The number of carbonyl (C=O) groups is 2. The van der Waals surface area contributed by atoms with Crippen LogP contribution in [0.25, 0.3) is 0 Å². The van der Waals surface area contributed by atoms with E-state index in [2.05, 4.69) is 17.2 Å². The summed E-state index contributed by atoms with van der Waals surface area (Å²) in [6.45, 7) is 4.22. The number of hydrogen-bond acceptors (Lipinski definition) is 4. The van der Waals surface area contributed by atoms with Crippen LogP contribution >= 0.6 is 11.3 Å². The van der Waals surface area contributed by atoms with Crippen molar-refractivity contribution < 1.29 is 14.7 Å². The van der Waals surface area contributed by atoms with Crippen molar-refractivity contribution in [2.45, 2.75) is 19.4 Å². The van der Waals surface area contributed by atoms with Gasteiger partial charge in [0.15, 0.2) is 0 Å². The number of thiophene rings is 1. The maximum atomic E-state index is 12.5. The molecular weight excluding hydrogens is 276 g/mol. The Morgan fingerprint density at radius 3 is 3.05 bits per heavy atom. The minimum Gasteiger partial charge on any atom is -0.384 e. The lowest BCUT2D eigenvalue weighted by Crippen LogP contribution is -2.63. The SMILES string of the molecule is CC1(C)C(=O)NCCN1C(=O)c1csc(C#CCO)c1. The molecule has 0 aromatic carbocycles. The maximum Gasteiger partial charge on any atom is 0.255 e. The van der Waals surface area contributed by atoms with Crippen molar-refractivity contribution in [2.75, 3.05) is 19.7 Å². The van der Waals surface area contributed by atoms with Crippen molar-refractivity contribution >= 4 is 23.2 Å². The van der Waals surface area contributed by atoms with E-state index in [1.165, 1.54) is 11.3 Å². The Hall–Kier alpha value is -1.84. The number of aliphatic hydroxyl groups is 1. The first-order valence-corrected chi connectivity index (χ1v) is 7.13. The molecular formula is C14H16N2O3S. The number of nitrogens with one attached hydrogen (secondary N) is 1. The lowest BCUT2D eigenvalue weighted by Gasteiger charge is -2.41. The number of carbonyl (C=O) groups excluding carboxylic acids is 2. The molecule has 0 unspecified atom stereocenters. The summed E-state index contributed by atoms with van der Waals surface area (Å²) in [6.07, 6.45) is 0. The standard InChI is InChI=1S/C14H16N2O3S/c1-14(2)13(19)15-5-6-16(14)12(18)10-8-11(20-9-10)4-3-7-17/h8-9,17H,5-7H2,1-2H3,(H,15,19). The molecule has 2 amide bonds.